The first-order valence-corrected chi connectivity index (χ1v) is 11.9. The number of H-pyrrole nitrogens is 1. The number of aliphatic imine (C=N–C) groups is 1. The molecule has 3 aromatic rings. The number of rotatable bonds is 9. The third-order valence-electron chi connectivity index (χ3n) is 7.05. The number of nitrogens with zero attached hydrogens (tertiary/aromatic N) is 6. The molecular formula is C25H29N7O2. The summed E-state index contributed by atoms with van der Waals surface area (Å²) >= 11 is 0. The van der Waals surface area contributed by atoms with Crippen LogP contribution >= 0.6 is 0 Å². The molecule has 9 heteroatoms. The van der Waals surface area contributed by atoms with Gasteiger partial charge in [-0.05, 0) is 54.7 Å². The van der Waals surface area contributed by atoms with Gasteiger partial charge in [-0.15, -0.1) is 5.10 Å². The first-order chi connectivity index (χ1) is 16.5. The average molecular weight is 460 g/mol. The van der Waals surface area contributed by atoms with Gasteiger partial charge in [-0.1, -0.05) is 37.6 Å². The van der Waals surface area contributed by atoms with Crippen molar-refractivity contribution in [1.82, 2.24) is 29.8 Å². The molecule has 34 heavy (non-hydrogen) atoms. The molecule has 3 atom stereocenters. The third-order valence-corrected chi connectivity index (χ3v) is 7.05. The third kappa shape index (κ3) is 4.06. The summed E-state index contributed by atoms with van der Waals surface area (Å²) in [5, 5.41) is 14.3. The quantitative estimate of drug-likeness (QED) is 0.528. The zero-order valence-electron chi connectivity index (χ0n) is 19.5. The molecule has 0 amide bonds. The van der Waals surface area contributed by atoms with E-state index >= 15 is 0 Å². The summed E-state index contributed by atoms with van der Waals surface area (Å²) in [6.07, 6.45) is 12.1. The van der Waals surface area contributed by atoms with Gasteiger partial charge in [0.05, 0.1) is 0 Å². The van der Waals surface area contributed by atoms with Crippen LogP contribution in [0, 0.1) is 5.92 Å². The van der Waals surface area contributed by atoms with Gasteiger partial charge < -0.3 is 0 Å². The number of tetrazole rings is 1. The molecule has 1 aliphatic heterocycles. The van der Waals surface area contributed by atoms with Gasteiger partial charge in [-0.3, -0.25) is 18.9 Å². The summed E-state index contributed by atoms with van der Waals surface area (Å²) in [5.41, 5.74) is 2.50. The van der Waals surface area contributed by atoms with Crippen LogP contribution in [0.15, 0.2) is 52.5 Å². The molecule has 1 N–H and O–H groups in total. The molecular weight excluding hydrogens is 430 g/mol. The highest BCUT2D eigenvalue weighted by Gasteiger charge is 2.44. The molecule has 1 saturated carbocycles. The Morgan fingerprint density at radius 1 is 1.32 bits per heavy atom. The van der Waals surface area contributed by atoms with Crippen LogP contribution in [0.2, 0.25) is 0 Å². The molecule has 9 nitrogen and oxygen atoms in total. The van der Waals surface area contributed by atoms with E-state index in [9.17, 15) is 9.59 Å². The predicted octanol–water partition coefficient (Wildman–Crippen LogP) is 3.25. The van der Waals surface area contributed by atoms with Crippen LogP contribution in [-0.2, 0) is 23.2 Å². The number of hydrogen-bond donors (Lipinski definition) is 1. The van der Waals surface area contributed by atoms with Gasteiger partial charge in [0.25, 0.3) is 0 Å². The van der Waals surface area contributed by atoms with Gasteiger partial charge in [0.15, 0.2) is 5.82 Å². The number of aryl methyl sites for hydroxylation is 1. The van der Waals surface area contributed by atoms with Crippen LogP contribution in [-0.4, -0.2) is 41.8 Å². The van der Waals surface area contributed by atoms with Gasteiger partial charge >= 0.3 is 5.69 Å². The minimum absolute atomic E-state index is 0.0201. The summed E-state index contributed by atoms with van der Waals surface area (Å²) in [6.45, 7) is 4.26. The summed E-state index contributed by atoms with van der Waals surface area (Å²) in [4.78, 5) is 29.8. The van der Waals surface area contributed by atoms with E-state index in [2.05, 4.69) is 50.7 Å². The fourth-order valence-electron chi connectivity index (χ4n) is 4.93. The number of nitrogens with one attached hydrogen (secondary N) is 1. The van der Waals surface area contributed by atoms with E-state index in [0.29, 0.717) is 18.8 Å². The number of imidazole rings is 1. The predicted molar refractivity (Wildman–Crippen MR) is 129 cm³/mol. The fraction of sp³-hybridized carbons (Fsp3) is 0.440. The number of carbonyl (C=O) groups excluding carboxylic acids is 1. The Hall–Kier alpha value is -3.62. The molecule has 1 aliphatic carbocycles. The second kappa shape index (κ2) is 8.96. The first kappa shape index (κ1) is 22.2. The Morgan fingerprint density at radius 2 is 2.21 bits per heavy atom. The van der Waals surface area contributed by atoms with Gasteiger partial charge in [-0.2, -0.15) is 0 Å². The number of aromatic nitrogens is 6. The van der Waals surface area contributed by atoms with Crippen LogP contribution in [0.1, 0.15) is 56.8 Å². The van der Waals surface area contributed by atoms with E-state index < -0.39 is 5.41 Å². The maximum atomic E-state index is 13.6. The van der Waals surface area contributed by atoms with Crippen molar-refractivity contribution in [3.05, 3.63) is 64.5 Å². The van der Waals surface area contributed by atoms with E-state index in [1.807, 2.05) is 35.3 Å². The van der Waals surface area contributed by atoms with E-state index in [0.717, 1.165) is 42.5 Å². The summed E-state index contributed by atoms with van der Waals surface area (Å²) in [7, 11) is 0. The summed E-state index contributed by atoms with van der Waals surface area (Å²) in [5.74, 6) is 0.707. The number of allylic oxidation sites excluding steroid dienone is 1. The van der Waals surface area contributed by atoms with E-state index in [1.54, 1.807) is 11.5 Å². The lowest BCUT2D eigenvalue weighted by Gasteiger charge is -2.32. The second-order valence-corrected chi connectivity index (χ2v) is 9.36. The first-order valence-electron chi connectivity index (χ1n) is 11.9. The molecule has 0 radical (unpaired) electrons. The largest absolute Gasteiger partial charge is 0.328 e. The lowest BCUT2D eigenvalue weighted by molar-refractivity contribution is -0.118. The molecule has 2 aliphatic rings. The van der Waals surface area contributed by atoms with Gasteiger partial charge in [0.2, 0.25) is 0 Å². The van der Waals surface area contributed by atoms with Crippen LogP contribution in [0.4, 0.5) is 0 Å². The van der Waals surface area contributed by atoms with Crippen molar-refractivity contribution < 1.29 is 4.79 Å². The van der Waals surface area contributed by atoms with E-state index in [-0.39, 0.29) is 23.4 Å². The Balaban J connectivity index is 1.55. The van der Waals surface area contributed by atoms with Gasteiger partial charge in [0, 0.05) is 53.8 Å². The smallest absolute Gasteiger partial charge is 0.300 e. The normalized spacial score (nSPS) is 23.4. The summed E-state index contributed by atoms with van der Waals surface area (Å²) < 4.78 is 3.71. The minimum atomic E-state index is -0.439. The van der Waals surface area contributed by atoms with Crippen molar-refractivity contribution in [2.45, 2.75) is 64.0 Å². The number of carbonyl (C=O) groups is 1. The monoisotopic (exact) mass is 459 g/mol. The van der Waals surface area contributed by atoms with E-state index in [1.165, 1.54) is 0 Å². The molecule has 0 saturated heterocycles. The van der Waals surface area contributed by atoms with Gasteiger partial charge in [-0.25, -0.2) is 9.89 Å². The standard InChI is InChI=1S/C25H29N7O2/c1-3-4-8-20-15-31(22-14-21(22)17(2)33)24(34)32(20)16-25(9-11-26-12-10-25)19-7-5-6-18(13-19)23-27-29-30-28-23/h5-7,9,11-13,15,21-22H,3-4,8,10,14,16H2,1-2H3,(H,27,28,29,30). The van der Waals surface area contributed by atoms with Crippen molar-refractivity contribution in [3.63, 3.8) is 0 Å². The number of Topliss-reactive ketones (excluding diaryl/α,β-unsaturated/α-hetero) is 1. The molecule has 1 aromatic carbocycles. The van der Waals surface area contributed by atoms with Gasteiger partial charge in [0.1, 0.15) is 5.78 Å². The lowest BCUT2D eigenvalue weighted by atomic mass is 9.76. The molecule has 3 heterocycles. The van der Waals surface area contributed by atoms with Crippen molar-refractivity contribution in [3.8, 4) is 11.4 Å². The Kier molecular flexibility index (Phi) is 5.85. The minimum Gasteiger partial charge on any atom is -0.300 e. The number of ketones is 1. The topological polar surface area (TPSA) is 111 Å². The fourth-order valence-corrected chi connectivity index (χ4v) is 4.93. The molecule has 5 rings (SSSR count). The van der Waals surface area contributed by atoms with Crippen molar-refractivity contribution in [2.24, 2.45) is 10.9 Å². The van der Waals surface area contributed by atoms with Crippen molar-refractivity contribution in [2.75, 3.05) is 0 Å². The summed E-state index contributed by atoms with van der Waals surface area (Å²) in [6, 6.07) is 8.09. The SMILES string of the molecule is CCCCc1cn(C2CC2C(C)=O)c(=O)n1CC1(c2cccc(-c3nnn[nH]3)c2)C=CN=CC1. The molecule has 0 spiro atoms. The molecule has 0 bridgehead atoms. The highest BCUT2D eigenvalue weighted by atomic mass is 16.2. The average Bonchev–Trinajstić information content (AvgIpc) is 3.34. The van der Waals surface area contributed by atoms with Crippen LogP contribution in [0.5, 0.6) is 0 Å². The zero-order chi connectivity index (χ0) is 23.7. The Morgan fingerprint density at radius 3 is 2.88 bits per heavy atom. The second-order valence-electron chi connectivity index (χ2n) is 9.36. The number of aromatic amines is 1. The maximum Gasteiger partial charge on any atom is 0.328 e. The van der Waals surface area contributed by atoms with Crippen molar-refractivity contribution >= 4 is 12.0 Å². The Labute approximate surface area is 197 Å². The highest BCUT2D eigenvalue weighted by Crippen LogP contribution is 2.43. The number of benzene rings is 1. The zero-order valence-corrected chi connectivity index (χ0v) is 19.5. The van der Waals surface area contributed by atoms with Crippen LogP contribution < -0.4 is 5.69 Å². The van der Waals surface area contributed by atoms with Crippen molar-refractivity contribution in [1.29, 1.82) is 0 Å². The van der Waals surface area contributed by atoms with E-state index in [4.69, 9.17) is 0 Å². The number of hydrogen-bond acceptors (Lipinski definition) is 6. The highest BCUT2D eigenvalue weighted by molar-refractivity contribution is 5.81. The maximum absolute atomic E-state index is 13.6. The molecule has 176 valence electrons. The molecule has 1 fully saturated rings. The van der Waals surface area contributed by atoms with Crippen LogP contribution in [0.3, 0.4) is 0 Å². The Bertz CT molecular complexity index is 1300. The lowest BCUT2D eigenvalue weighted by Crippen LogP contribution is -2.37. The molecule has 3 unspecified atom stereocenters. The van der Waals surface area contributed by atoms with Crippen LogP contribution in [0.25, 0.3) is 11.4 Å². The molecule has 2 aromatic heterocycles. The number of unbranched alkanes of at least 4 members (excludes halogenated alkanes) is 1.